The zero-order chi connectivity index (χ0) is 21.5. The summed E-state index contributed by atoms with van der Waals surface area (Å²) in [5.41, 5.74) is 2.30. The number of nitrogens with one attached hydrogen (secondary N) is 3. The summed E-state index contributed by atoms with van der Waals surface area (Å²) >= 11 is 5.25. The van der Waals surface area contributed by atoms with E-state index in [1.165, 1.54) is 39.0 Å². The Morgan fingerprint density at radius 3 is 2.28 bits per heavy atom. The van der Waals surface area contributed by atoms with Crippen LogP contribution in [0, 0.1) is 5.82 Å². The van der Waals surface area contributed by atoms with E-state index < -0.39 is 0 Å². The second kappa shape index (κ2) is 15.2. The molecule has 5 nitrogen and oxygen atoms in total. The molecule has 8 heteroatoms. The van der Waals surface area contributed by atoms with Gasteiger partial charge in [-0.3, -0.25) is 5.10 Å². The fourth-order valence-corrected chi connectivity index (χ4v) is 4.88. The van der Waals surface area contributed by atoms with E-state index in [9.17, 15) is 4.39 Å². The second-order valence-corrected chi connectivity index (χ2v) is 9.47. The van der Waals surface area contributed by atoms with Crippen molar-refractivity contribution in [2.75, 3.05) is 18.9 Å². The minimum absolute atomic E-state index is 0.131. The molecule has 4 rings (SSSR count). The molecule has 29 heavy (non-hydrogen) atoms. The lowest BCUT2D eigenvalue weighted by Crippen LogP contribution is -2.01. The third kappa shape index (κ3) is 9.60. The number of fused-ring (bicyclic) bond motifs is 1. The number of carbonyl (C=O) groups is 1. The smallest absolute Gasteiger partial charge is 0.151 e. The summed E-state index contributed by atoms with van der Waals surface area (Å²) in [5.74, 6) is 2.00. The molecule has 162 valence electrons. The van der Waals surface area contributed by atoms with Gasteiger partial charge in [-0.1, -0.05) is 56.3 Å². The maximum absolute atomic E-state index is 14.2. The maximum Gasteiger partial charge on any atom is 0.151 e. The van der Waals surface area contributed by atoms with Crippen molar-refractivity contribution in [2.24, 2.45) is 0 Å². The van der Waals surface area contributed by atoms with Crippen molar-refractivity contribution in [2.45, 2.75) is 57.5 Å². The van der Waals surface area contributed by atoms with Gasteiger partial charge in [0, 0.05) is 23.1 Å². The van der Waals surface area contributed by atoms with Crippen molar-refractivity contribution in [3.05, 3.63) is 41.3 Å². The number of carbonyl (C=O) groups excluding carboxylic acids is 1. The molecule has 1 saturated carbocycles. The molecule has 2 aliphatic rings. The minimum atomic E-state index is -0.183. The molecule has 1 aliphatic carbocycles. The average Bonchev–Trinajstić information content (AvgIpc) is 3.48. The van der Waals surface area contributed by atoms with Crippen LogP contribution in [-0.2, 0) is 36.9 Å². The Morgan fingerprint density at radius 1 is 1.21 bits per heavy atom. The number of aromatic amines is 1. The van der Waals surface area contributed by atoms with E-state index in [0.29, 0.717) is 17.3 Å². The Morgan fingerprint density at radius 2 is 1.79 bits per heavy atom. The molecule has 1 fully saturated rings. The SMILES string of the molecule is C1CCCC1.CC=O.CCNC.Fc1c(Nc2ccn[nH]2)ccc2c1CS(=S)C2. The van der Waals surface area contributed by atoms with Gasteiger partial charge in [0.2, 0.25) is 0 Å². The highest BCUT2D eigenvalue weighted by molar-refractivity contribution is 8.28. The average molecular weight is 441 g/mol. The molecule has 0 saturated heterocycles. The lowest BCUT2D eigenvalue weighted by Gasteiger charge is -2.08. The summed E-state index contributed by atoms with van der Waals surface area (Å²) in [5, 5.41) is 12.5. The molecule has 1 unspecified atom stereocenters. The number of hydrogen-bond donors (Lipinski definition) is 3. The second-order valence-electron chi connectivity index (χ2n) is 6.60. The lowest BCUT2D eigenvalue weighted by atomic mass is 10.1. The molecule has 0 spiro atoms. The van der Waals surface area contributed by atoms with Crippen molar-refractivity contribution >= 4 is 38.4 Å². The van der Waals surface area contributed by atoms with Crippen molar-refractivity contribution in [3.63, 3.8) is 0 Å². The summed E-state index contributed by atoms with van der Waals surface area (Å²) in [6, 6.07) is 5.47. The van der Waals surface area contributed by atoms with Crippen LogP contribution in [0.15, 0.2) is 24.4 Å². The van der Waals surface area contributed by atoms with Gasteiger partial charge in [0.1, 0.15) is 12.1 Å². The number of H-pyrrole nitrogens is 1. The number of rotatable bonds is 3. The highest BCUT2D eigenvalue weighted by Crippen LogP contribution is 2.30. The largest absolute Gasteiger partial charge is 0.338 e. The highest BCUT2D eigenvalue weighted by Gasteiger charge is 2.20. The third-order valence-corrected chi connectivity index (χ3v) is 6.29. The number of halogens is 1. The summed E-state index contributed by atoms with van der Waals surface area (Å²) in [7, 11) is 1.80. The maximum atomic E-state index is 14.2. The Kier molecular flexibility index (Phi) is 13.3. The first-order chi connectivity index (χ1) is 14.1. The standard InChI is InChI=1S/C11H10FN3S2.C5H10.C3H9N.C2H4O/c12-11-8-6-17(16)5-7(8)1-2-9(11)14-10-3-4-13-15-10;1-2-4-5-3-1;1-3-4-2;1-2-3/h1-4H,5-6H2,(H2,13,14,15);1-5H2;4H,3H2,1-2H3;2H,1H3. The molecule has 1 aliphatic heterocycles. The number of benzene rings is 1. The van der Waals surface area contributed by atoms with E-state index in [0.717, 1.165) is 29.7 Å². The highest BCUT2D eigenvalue weighted by atomic mass is 32.8. The fourth-order valence-electron chi connectivity index (χ4n) is 2.79. The fraction of sp³-hybridized carbons (Fsp3) is 0.524. The van der Waals surface area contributed by atoms with Crippen molar-refractivity contribution in [1.29, 1.82) is 0 Å². The van der Waals surface area contributed by atoms with E-state index in [1.54, 1.807) is 18.3 Å². The van der Waals surface area contributed by atoms with Gasteiger partial charge in [-0.2, -0.15) is 5.10 Å². The molecule has 1 aromatic carbocycles. The summed E-state index contributed by atoms with van der Waals surface area (Å²) in [6.07, 6.45) is 9.87. The van der Waals surface area contributed by atoms with Crippen LogP contribution in [0.2, 0.25) is 0 Å². The van der Waals surface area contributed by atoms with Gasteiger partial charge in [0.15, 0.2) is 5.82 Å². The first kappa shape index (κ1) is 25.4. The predicted octanol–water partition coefficient (Wildman–Crippen LogP) is 4.77. The van der Waals surface area contributed by atoms with E-state index in [4.69, 9.17) is 16.0 Å². The Balaban J connectivity index is 0.000000288. The number of anilines is 2. The molecule has 0 bridgehead atoms. The zero-order valence-corrected chi connectivity index (χ0v) is 19.2. The van der Waals surface area contributed by atoms with Gasteiger partial charge in [-0.25, -0.2) is 4.39 Å². The first-order valence-electron chi connectivity index (χ1n) is 10.0. The molecule has 0 amide bonds. The van der Waals surface area contributed by atoms with Crippen LogP contribution in [0.4, 0.5) is 15.9 Å². The number of nitrogens with zero attached hydrogens (tertiary/aromatic N) is 1. The van der Waals surface area contributed by atoms with Crippen LogP contribution in [-0.4, -0.2) is 30.1 Å². The Labute approximate surface area is 180 Å². The van der Waals surface area contributed by atoms with Gasteiger partial charge < -0.3 is 15.4 Å². The predicted molar refractivity (Wildman–Crippen MR) is 125 cm³/mol. The van der Waals surface area contributed by atoms with E-state index in [2.05, 4.69) is 27.8 Å². The van der Waals surface area contributed by atoms with Crippen molar-refractivity contribution in [3.8, 4) is 0 Å². The monoisotopic (exact) mass is 440 g/mol. The van der Waals surface area contributed by atoms with Gasteiger partial charge >= 0.3 is 0 Å². The van der Waals surface area contributed by atoms with Crippen LogP contribution in [0.25, 0.3) is 0 Å². The molecule has 2 aromatic rings. The summed E-state index contributed by atoms with van der Waals surface area (Å²) in [6.45, 7) is 4.58. The molecule has 0 radical (unpaired) electrons. The first-order valence-corrected chi connectivity index (χ1v) is 12.5. The third-order valence-electron chi connectivity index (χ3n) is 4.34. The van der Waals surface area contributed by atoms with Gasteiger partial charge in [0.05, 0.1) is 11.9 Å². The molecule has 1 aromatic heterocycles. The van der Waals surface area contributed by atoms with Gasteiger partial charge in [-0.05, 0) is 32.1 Å². The van der Waals surface area contributed by atoms with Crippen LogP contribution in [0.3, 0.4) is 0 Å². The Bertz CT molecular complexity index is 725. The van der Waals surface area contributed by atoms with E-state index in [1.807, 2.05) is 13.1 Å². The normalized spacial score (nSPS) is 16.2. The minimum Gasteiger partial charge on any atom is -0.338 e. The molecule has 1 atom stereocenters. The van der Waals surface area contributed by atoms with Crippen LogP contribution in [0.5, 0.6) is 0 Å². The van der Waals surface area contributed by atoms with Gasteiger partial charge in [-0.15, -0.1) is 9.45 Å². The van der Waals surface area contributed by atoms with Crippen molar-refractivity contribution < 1.29 is 9.18 Å². The number of aromatic nitrogens is 2. The Hall–Kier alpha value is -1.64. The zero-order valence-electron chi connectivity index (χ0n) is 17.6. The summed E-state index contributed by atoms with van der Waals surface area (Å²) in [4.78, 5) is 8.81. The quantitative estimate of drug-likeness (QED) is 0.600. The van der Waals surface area contributed by atoms with Crippen LogP contribution in [0.1, 0.15) is 57.1 Å². The molecule has 3 N–H and O–H groups in total. The molecular weight excluding hydrogens is 407 g/mol. The van der Waals surface area contributed by atoms with Crippen LogP contribution >= 0.6 is 0 Å². The van der Waals surface area contributed by atoms with E-state index >= 15 is 0 Å². The number of aldehydes is 1. The molecule has 2 heterocycles. The lowest BCUT2D eigenvalue weighted by molar-refractivity contribution is -0.106. The van der Waals surface area contributed by atoms with Crippen LogP contribution < -0.4 is 10.6 Å². The topological polar surface area (TPSA) is 69.8 Å². The van der Waals surface area contributed by atoms with E-state index in [-0.39, 0.29) is 15.3 Å². The summed E-state index contributed by atoms with van der Waals surface area (Å²) < 4.78 is 14.2. The van der Waals surface area contributed by atoms with Crippen molar-refractivity contribution in [1.82, 2.24) is 15.5 Å². The molecular formula is C21H33FN4OS2. The number of hydrogen-bond acceptors (Lipinski definition) is 5. The van der Waals surface area contributed by atoms with Gasteiger partial charge in [0.25, 0.3) is 0 Å².